The number of morpholine rings is 1. The van der Waals surface area contributed by atoms with Gasteiger partial charge in [0, 0.05) is 48.1 Å². The first-order valence-corrected chi connectivity index (χ1v) is 13.9. The van der Waals surface area contributed by atoms with E-state index in [2.05, 4.69) is 20.2 Å². The fourth-order valence-electron chi connectivity index (χ4n) is 6.07. The molecule has 2 atom stereocenters. The predicted octanol–water partition coefficient (Wildman–Crippen LogP) is 3.55. The van der Waals surface area contributed by atoms with E-state index in [1.54, 1.807) is 13.0 Å². The van der Waals surface area contributed by atoms with Crippen molar-refractivity contribution in [1.82, 2.24) is 19.4 Å². The van der Waals surface area contributed by atoms with Crippen LogP contribution >= 0.6 is 0 Å². The lowest BCUT2D eigenvalue weighted by Gasteiger charge is -2.37. The second kappa shape index (κ2) is 10.4. The number of hydrogen-bond acceptors (Lipinski definition) is 8. The van der Waals surface area contributed by atoms with E-state index in [1.165, 1.54) is 0 Å². The molecule has 1 saturated carbocycles. The Morgan fingerprint density at radius 2 is 2.00 bits per heavy atom. The fraction of sp³-hybridized carbons (Fsp3) is 0.552. The SMILES string of the molecule is Cc1c(CN2CCOCC23CC3)n(C(C)C)c2cc(-c3nc(N[C@@H]4CCOC[C@H]4O)ncc3F)cc(F)c2c1=O. The molecule has 11 heteroatoms. The highest BCUT2D eigenvalue weighted by Crippen LogP contribution is 2.44. The standard InChI is InChI=1S/C29H35F2N5O4/c1-16(2)36-22-11-18(26-20(31)12-32-28(34-26)33-21-4-8-39-14-24(21)37)10-19(30)25(22)27(38)17(3)23(36)13-35-7-9-40-15-29(35)5-6-29/h10-12,16,21,24,37H,4-9,13-15H2,1-3H3,(H,32,33,34)/t21-,24-/m1/s1. The Hall–Kier alpha value is -2.99. The molecule has 0 radical (unpaired) electrons. The Kier molecular flexibility index (Phi) is 7.10. The second-order valence-electron chi connectivity index (χ2n) is 11.5. The number of anilines is 1. The van der Waals surface area contributed by atoms with Crippen LogP contribution in [0.15, 0.2) is 23.1 Å². The summed E-state index contributed by atoms with van der Waals surface area (Å²) >= 11 is 0. The number of fused-ring (bicyclic) bond motifs is 1. The number of aromatic nitrogens is 3. The number of benzene rings is 1. The largest absolute Gasteiger partial charge is 0.389 e. The van der Waals surface area contributed by atoms with Gasteiger partial charge in [-0.15, -0.1) is 0 Å². The summed E-state index contributed by atoms with van der Waals surface area (Å²) in [6, 6.07) is 2.36. The van der Waals surface area contributed by atoms with E-state index < -0.39 is 17.7 Å². The maximum atomic E-state index is 15.7. The first-order chi connectivity index (χ1) is 19.2. The van der Waals surface area contributed by atoms with E-state index in [0.29, 0.717) is 43.9 Å². The molecule has 0 amide bonds. The number of nitrogens with one attached hydrogen (secondary N) is 1. The summed E-state index contributed by atoms with van der Waals surface area (Å²) in [7, 11) is 0. The molecule has 1 aliphatic carbocycles. The normalized spacial score (nSPS) is 22.8. The first-order valence-electron chi connectivity index (χ1n) is 13.9. The zero-order valence-electron chi connectivity index (χ0n) is 23.0. The summed E-state index contributed by atoms with van der Waals surface area (Å²) in [4.78, 5) is 24.3. The molecule has 3 aromatic rings. The molecule has 2 saturated heterocycles. The van der Waals surface area contributed by atoms with Gasteiger partial charge < -0.3 is 24.5 Å². The van der Waals surface area contributed by atoms with Crippen molar-refractivity contribution in [1.29, 1.82) is 0 Å². The molecule has 9 nitrogen and oxygen atoms in total. The number of aliphatic hydroxyl groups is 1. The number of ether oxygens (including phenoxy) is 2. The average molecular weight is 556 g/mol. The Morgan fingerprint density at radius 3 is 2.73 bits per heavy atom. The molecule has 1 aromatic carbocycles. The topological polar surface area (TPSA) is 102 Å². The van der Waals surface area contributed by atoms with E-state index in [1.807, 2.05) is 18.4 Å². The maximum Gasteiger partial charge on any atom is 0.223 e. The van der Waals surface area contributed by atoms with Gasteiger partial charge in [0.2, 0.25) is 5.95 Å². The minimum atomic E-state index is -0.757. The third-order valence-electron chi connectivity index (χ3n) is 8.51. The summed E-state index contributed by atoms with van der Waals surface area (Å²) in [5, 5.41) is 13.3. The molecular formula is C29H35F2N5O4. The highest BCUT2D eigenvalue weighted by molar-refractivity contribution is 5.86. The van der Waals surface area contributed by atoms with Crippen molar-refractivity contribution in [2.75, 3.05) is 38.3 Å². The number of pyridine rings is 1. The van der Waals surface area contributed by atoms with Crippen molar-refractivity contribution in [2.24, 2.45) is 0 Å². The third kappa shape index (κ3) is 4.78. The minimum absolute atomic E-state index is 0.0100. The molecule has 2 N–H and O–H groups in total. The van der Waals surface area contributed by atoms with Crippen LogP contribution in [-0.2, 0) is 16.0 Å². The van der Waals surface area contributed by atoms with Gasteiger partial charge in [-0.1, -0.05) is 0 Å². The Labute approximate surface area is 231 Å². The van der Waals surface area contributed by atoms with Crippen LogP contribution in [0.4, 0.5) is 14.7 Å². The molecule has 3 aliphatic rings. The Bertz CT molecular complexity index is 1510. The smallest absolute Gasteiger partial charge is 0.223 e. The molecule has 2 aromatic heterocycles. The summed E-state index contributed by atoms with van der Waals surface area (Å²) in [5.41, 5.74) is 1.52. The van der Waals surface area contributed by atoms with Crippen LogP contribution in [-0.4, -0.2) is 75.2 Å². The van der Waals surface area contributed by atoms with E-state index in [9.17, 15) is 9.90 Å². The third-order valence-corrected chi connectivity index (χ3v) is 8.51. The van der Waals surface area contributed by atoms with Gasteiger partial charge in [0.15, 0.2) is 11.2 Å². The van der Waals surface area contributed by atoms with Crippen LogP contribution in [0.5, 0.6) is 0 Å². The summed E-state index contributed by atoms with van der Waals surface area (Å²) < 4.78 is 43.8. The number of aliphatic hydroxyl groups excluding tert-OH is 1. The van der Waals surface area contributed by atoms with Crippen LogP contribution in [0, 0.1) is 18.6 Å². The summed E-state index contributed by atoms with van der Waals surface area (Å²) in [6.45, 7) is 9.03. The van der Waals surface area contributed by atoms with E-state index in [4.69, 9.17) is 9.47 Å². The van der Waals surface area contributed by atoms with Crippen molar-refractivity contribution in [3.05, 3.63) is 51.4 Å². The van der Waals surface area contributed by atoms with E-state index >= 15 is 8.78 Å². The van der Waals surface area contributed by atoms with E-state index in [-0.39, 0.29) is 52.3 Å². The number of nitrogens with zero attached hydrogens (tertiary/aromatic N) is 4. The minimum Gasteiger partial charge on any atom is -0.389 e. The molecule has 1 spiro atoms. The molecule has 4 heterocycles. The van der Waals surface area contributed by atoms with Crippen molar-refractivity contribution in [3.8, 4) is 11.3 Å². The lowest BCUT2D eigenvalue weighted by Crippen LogP contribution is -2.47. The fourth-order valence-corrected chi connectivity index (χ4v) is 6.07. The molecule has 40 heavy (non-hydrogen) atoms. The quantitative estimate of drug-likeness (QED) is 0.476. The lowest BCUT2D eigenvalue weighted by molar-refractivity contribution is -0.0256. The van der Waals surface area contributed by atoms with Crippen LogP contribution in [0.1, 0.15) is 50.4 Å². The van der Waals surface area contributed by atoms with Gasteiger partial charge in [-0.2, -0.15) is 0 Å². The van der Waals surface area contributed by atoms with Crippen LogP contribution in [0.25, 0.3) is 22.2 Å². The molecule has 3 fully saturated rings. The van der Waals surface area contributed by atoms with Gasteiger partial charge >= 0.3 is 0 Å². The number of rotatable bonds is 6. The zero-order valence-corrected chi connectivity index (χ0v) is 23.0. The van der Waals surface area contributed by atoms with E-state index in [0.717, 1.165) is 37.3 Å². The molecule has 214 valence electrons. The highest BCUT2D eigenvalue weighted by atomic mass is 19.1. The van der Waals surface area contributed by atoms with Crippen molar-refractivity contribution in [3.63, 3.8) is 0 Å². The molecule has 6 rings (SSSR count). The monoisotopic (exact) mass is 555 g/mol. The predicted molar refractivity (Wildman–Crippen MR) is 146 cm³/mol. The summed E-state index contributed by atoms with van der Waals surface area (Å²) in [5.74, 6) is -1.32. The van der Waals surface area contributed by atoms with Crippen molar-refractivity contribution in [2.45, 2.75) is 70.3 Å². The van der Waals surface area contributed by atoms with Gasteiger partial charge in [-0.3, -0.25) is 9.69 Å². The highest BCUT2D eigenvalue weighted by Gasteiger charge is 2.50. The van der Waals surface area contributed by atoms with Crippen molar-refractivity contribution >= 4 is 16.9 Å². The molecule has 2 aliphatic heterocycles. The first kappa shape index (κ1) is 27.2. The maximum absolute atomic E-state index is 15.7. The van der Waals surface area contributed by atoms with Gasteiger partial charge in [0.25, 0.3) is 0 Å². The van der Waals surface area contributed by atoms with Gasteiger partial charge in [-0.05, 0) is 52.2 Å². The molecule has 0 bridgehead atoms. The molecule has 0 unspecified atom stereocenters. The zero-order chi connectivity index (χ0) is 28.2. The lowest BCUT2D eigenvalue weighted by atomic mass is 10.0. The van der Waals surface area contributed by atoms with Gasteiger partial charge in [0.05, 0.1) is 49.1 Å². The van der Waals surface area contributed by atoms with Crippen LogP contribution < -0.4 is 10.7 Å². The number of hydrogen-bond donors (Lipinski definition) is 2. The Morgan fingerprint density at radius 1 is 1.20 bits per heavy atom. The average Bonchev–Trinajstić information content (AvgIpc) is 3.70. The van der Waals surface area contributed by atoms with Crippen molar-refractivity contribution < 1.29 is 23.4 Å². The van der Waals surface area contributed by atoms with Gasteiger partial charge in [-0.25, -0.2) is 18.7 Å². The van der Waals surface area contributed by atoms with Gasteiger partial charge in [0.1, 0.15) is 11.5 Å². The Balaban J connectivity index is 1.45. The van der Waals surface area contributed by atoms with Crippen LogP contribution in [0.3, 0.4) is 0 Å². The number of halogens is 2. The second-order valence-corrected chi connectivity index (χ2v) is 11.5. The van der Waals surface area contributed by atoms with Crippen LogP contribution in [0.2, 0.25) is 0 Å². The summed E-state index contributed by atoms with van der Waals surface area (Å²) in [6.07, 6.45) is 2.92. The molecular weight excluding hydrogens is 520 g/mol.